The number of hydrogen-bond donors (Lipinski definition) is 2. The number of phenolic OH excluding ortho intramolecular Hbond substituents is 1. The summed E-state index contributed by atoms with van der Waals surface area (Å²) in [5, 5.41) is 12.0. The van der Waals surface area contributed by atoms with Gasteiger partial charge in [0.25, 0.3) is 5.91 Å². The van der Waals surface area contributed by atoms with Crippen LogP contribution in [-0.4, -0.2) is 41.1 Å². The molecule has 2 aliphatic rings. The van der Waals surface area contributed by atoms with Gasteiger partial charge in [-0.25, -0.2) is 4.39 Å². The van der Waals surface area contributed by atoms with Crippen molar-refractivity contribution >= 4 is 5.91 Å². The summed E-state index contributed by atoms with van der Waals surface area (Å²) in [6, 6.07) is 4.39. The fraction of sp³-hybridized carbons (Fsp3) is 0.500. The van der Waals surface area contributed by atoms with Gasteiger partial charge in [0.05, 0.1) is 5.56 Å². The van der Waals surface area contributed by atoms with Crippen LogP contribution in [0.25, 0.3) is 0 Å². The van der Waals surface area contributed by atoms with Gasteiger partial charge in [0.2, 0.25) is 0 Å². The highest BCUT2D eigenvalue weighted by Gasteiger charge is 2.34. The lowest BCUT2D eigenvalue weighted by molar-refractivity contribution is 0.0933. The number of likely N-dealkylation sites (tertiary alicyclic amines) is 1. The Labute approximate surface area is 111 Å². The minimum atomic E-state index is -0.686. The summed E-state index contributed by atoms with van der Waals surface area (Å²) in [5.74, 6) is -1.26. The Morgan fingerprint density at radius 3 is 2.84 bits per heavy atom. The normalized spacial score (nSPS) is 23.5. The molecule has 3 rings (SSSR count). The van der Waals surface area contributed by atoms with E-state index >= 15 is 0 Å². The Morgan fingerprint density at radius 2 is 2.16 bits per heavy atom. The third-order valence-electron chi connectivity index (χ3n) is 3.82. The number of amides is 1. The number of halogens is 1. The molecule has 0 radical (unpaired) electrons. The molecule has 0 spiro atoms. The molecule has 2 fully saturated rings. The van der Waals surface area contributed by atoms with E-state index in [4.69, 9.17) is 5.11 Å². The summed E-state index contributed by atoms with van der Waals surface area (Å²) in [5.41, 5.74) is -0.0114. The number of hydrogen-bond acceptors (Lipinski definition) is 3. The fourth-order valence-corrected chi connectivity index (χ4v) is 2.63. The molecule has 1 unspecified atom stereocenters. The maximum atomic E-state index is 13.6. The number of carbonyl (C=O) groups is 1. The molecule has 1 aliphatic carbocycles. The third kappa shape index (κ3) is 2.71. The number of benzene rings is 1. The average Bonchev–Trinajstić information content (AvgIpc) is 3.10. The van der Waals surface area contributed by atoms with E-state index in [1.165, 1.54) is 25.0 Å². The van der Waals surface area contributed by atoms with Gasteiger partial charge < -0.3 is 10.4 Å². The van der Waals surface area contributed by atoms with Crippen LogP contribution in [0.3, 0.4) is 0 Å². The van der Waals surface area contributed by atoms with Crippen molar-refractivity contribution in [2.24, 2.45) is 0 Å². The van der Waals surface area contributed by atoms with Crippen LogP contribution >= 0.6 is 0 Å². The maximum Gasteiger partial charge on any atom is 0.254 e. The lowest BCUT2D eigenvalue weighted by Gasteiger charge is -2.16. The summed E-state index contributed by atoms with van der Waals surface area (Å²) in [6.07, 6.45) is 3.43. The van der Waals surface area contributed by atoms with Gasteiger partial charge >= 0.3 is 0 Å². The van der Waals surface area contributed by atoms with E-state index in [-0.39, 0.29) is 17.4 Å². The second-order valence-electron chi connectivity index (χ2n) is 5.35. The van der Waals surface area contributed by atoms with Gasteiger partial charge in [-0.15, -0.1) is 0 Å². The van der Waals surface area contributed by atoms with Crippen molar-refractivity contribution in [3.8, 4) is 5.75 Å². The summed E-state index contributed by atoms with van der Waals surface area (Å²) < 4.78 is 13.6. The summed E-state index contributed by atoms with van der Waals surface area (Å²) in [4.78, 5) is 14.4. The first-order chi connectivity index (χ1) is 9.13. The molecule has 19 heavy (non-hydrogen) atoms. The zero-order valence-electron chi connectivity index (χ0n) is 10.6. The fourth-order valence-electron chi connectivity index (χ4n) is 2.63. The molecule has 0 bridgehead atoms. The van der Waals surface area contributed by atoms with Crippen LogP contribution in [0.4, 0.5) is 4.39 Å². The molecule has 1 aromatic carbocycles. The molecule has 5 heteroatoms. The molecular weight excluding hydrogens is 247 g/mol. The first kappa shape index (κ1) is 12.4. The Kier molecular flexibility index (Phi) is 3.14. The number of nitrogens with one attached hydrogen (secondary N) is 1. The molecule has 1 saturated carbocycles. The van der Waals surface area contributed by atoms with Gasteiger partial charge in [0.1, 0.15) is 11.6 Å². The average molecular weight is 264 g/mol. The van der Waals surface area contributed by atoms with Gasteiger partial charge in [0.15, 0.2) is 0 Å². The van der Waals surface area contributed by atoms with Crippen LogP contribution in [0.1, 0.15) is 29.6 Å². The molecule has 0 aromatic heterocycles. The molecule has 1 heterocycles. The molecule has 1 amide bonds. The molecule has 4 nitrogen and oxygen atoms in total. The van der Waals surface area contributed by atoms with E-state index in [2.05, 4.69) is 10.2 Å². The molecule has 2 N–H and O–H groups in total. The highest BCUT2D eigenvalue weighted by atomic mass is 19.1. The van der Waals surface area contributed by atoms with E-state index in [0.717, 1.165) is 25.6 Å². The van der Waals surface area contributed by atoms with Crippen LogP contribution < -0.4 is 5.32 Å². The summed E-state index contributed by atoms with van der Waals surface area (Å²) >= 11 is 0. The Bertz CT molecular complexity index is 502. The molecule has 1 aromatic rings. The van der Waals surface area contributed by atoms with E-state index in [1.54, 1.807) is 0 Å². The molecule has 1 atom stereocenters. The van der Waals surface area contributed by atoms with Gasteiger partial charge in [0, 0.05) is 31.2 Å². The third-order valence-corrected chi connectivity index (χ3v) is 3.82. The predicted molar refractivity (Wildman–Crippen MR) is 68.5 cm³/mol. The van der Waals surface area contributed by atoms with Crippen LogP contribution in [0, 0.1) is 5.82 Å². The van der Waals surface area contributed by atoms with Crippen molar-refractivity contribution in [1.29, 1.82) is 0 Å². The van der Waals surface area contributed by atoms with Crippen molar-refractivity contribution in [2.45, 2.75) is 31.3 Å². The van der Waals surface area contributed by atoms with Gasteiger partial charge in [-0.3, -0.25) is 9.69 Å². The van der Waals surface area contributed by atoms with E-state index in [1.807, 2.05) is 0 Å². The van der Waals surface area contributed by atoms with E-state index < -0.39 is 11.7 Å². The summed E-state index contributed by atoms with van der Waals surface area (Å²) in [7, 11) is 0. The van der Waals surface area contributed by atoms with Crippen LogP contribution in [0.5, 0.6) is 5.75 Å². The predicted octanol–water partition coefficient (Wildman–Crippen LogP) is 1.50. The zero-order valence-corrected chi connectivity index (χ0v) is 10.6. The highest BCUT2D eigenvalue weighted by molar-refractivity contribution is 5.94. The standard InChI is InChI=1S/C14H17FN2O2/c15-13-7-11(18)3-4-12(13)14(19)16-9-5-6-17(8-9)10-1-2-10/h3-4,7,9-10,18H,1-2,5-6,8H2,(H,16,19). The van der Waals surface area contributed by atoms with Gasteiger partial charge in [-0.1, -0.05) is 0 Å². The van der Waals surface area contributed by atoms with E-state index in [9.17, 15) is 9.18 Å². The number of rotatable bonds is 3. The number of phenols is 1. The number of aromatic hydroxyl groups is 1. The Hall–Kier alpha value is -1.62. The smallest absolute Gasteiger partial charge is 0.254 e. The monoisotopic (exact) mass is 264 g/mol. The molecule has 102 valence electrons. The van der Waals surface area contributed by atoms with Crippen molar-refractivity contribution in [3.63, 3.8) is 0 Å². The highest BCUT2D eigenvalue weighted by Crippen LogP contribution is 2.29. The first-order valence-corrected chi connectivity index (χ1v) is 6.67. The zero-order chi connectivity index (χ0) is 13.4. The van der Waals surface area contributed by atoms with Crippen LogP contribution in [0.15, 0.2) is 18.2 Å². The SMILES string of the molecule is O=C(NC1CCN(C2CC2)C1)c1ccc(O)cc1F. The second-order valence-corrected chi connectivity index (χ2v) is 5.35. The first-order valence-electron chi connectivity index (χ1n) is 6.67. The van der Waals surface area contributed by atoms with E-state index in [0.29, 0.717) is 6.04 Å². The van der Waals surface area contributed by atoms with Crippen LogP contribution in [-0.2, 0) is 0 Å². The number of nitrogens with zero attached hydrogens (tertiary/aromatic N) is 1. The Morgan fingerprint density at radius 1 is 1.37 bits per heavy atom. The van der Waals surface area contributed by atoms with Crippen molar-refractivity contribution in [1.82, 2.24) is 10.2 Å². The largest absolute Gasteiger partial charge is 0.508 e. The van der Waals surface area contributed by atoms with Gasteiger partial charge in [-0.2, -0.15) is 0 Å². The Balaban J connectivity index is 1.61. The number of carbonyl (C=O) groups excluding carboxylic acids is 1. The van der Waals surface area contributed by atoms with Crippen molar-refractivity contribution in [3.05, 3.63) is 29.6 Å². The molecular formula is C14H17FN2O2. The minimum Gasteiger partial charge on any atom is -0.508 e. The minimum absolute atomic E-state index is 0.0114. The van der Waals surface area contributed by atoms with Crippen molar-refractivity contribution < 1.29 is 14.3 Å². The van der Waals surface area contributed by atoms with Crippen molar-refractivity contribution in [2.75, 3.05) is 13.1 Å². The maximum absolute atomic E-state index is 13.6. The summed E-state index contributed by atoms with van der Waals surface area (Å²) in [6.45, 7) is 1.86. The molecule has 1 saturated heterocycles. The lowest BCUT2D eigenvalue weighted by atomic mass is 10.1. The van der Waals surface area contributed by atoms with Gasteiger partial charge in [-0.05, 0) is 31.4 Å². The lowest BCUT2D eigenvalue weighted by Crippen LogP contribution is -2.37. The van der Waals surface area contributed by atoms with Crippen LogP contribution in [0.2, 0.25) is 0 Å². The second kappa shape index (κ2) is 4.81. The quantitative estimate of drug-likeness (QED) is 0.870. The topological polar surface area (TPSA) is 52.6 Å². The molecule has 1 aliphatic heterocycles.